The van der Waals surface area contributed by atoms with E-state index in [1.807, 2.05) is 27.7 Å². The molecule has 0 aromatic rings. The third kappa shape index (κ3) is 3.04. The highest BCUT2D eigenvalue weighted by atomic mass is 16.1. The van der Waals surface area contributed by atoms with Crippen LogP contribution in [0.1, 0.15) is 27.7 Å². The summed E-state index contributed by atoms with van der Waals surface area (Å²) in [6, 6.07) is 0.0648. The third-order valence-corrected chi connectivity index (χ3v) is 1.50. The van der Waals surface area contributed by atoms with E-state index < -0.39 is 0 Å². The minimum Gasteiger partial charge on any atom is -0.211 e. The average Bonchev–Trinajstić information content (AvgIpc) is 1.64. The molecule has 0 aromatic heterocycles. The van der Waals surface area contributed by atoms with Crippen LogP contribution in [0.3, 0.4) is 0 Å². The molecule has 0 N–H and O–H groups in total. The van der Waals surface area contributed by atoms with Crippen LogP contribution in [-0.2, 0) is 4.79 Å². The molecule has 9 heavy (non-hydrogen) atoms. The molecule has 0 saturated carbocycles. The van der Waals surface area contributed by atoms with Gasteiger partial charge in [0, 0.05) is 0 Å². The molecule has 2 nitrogen and oxygen atoms in total. The Kier molecular flexibility index (Phi) is 2.60. The first-order chi connectivity index (χ1) is 3.98. The van der Waals surface area contributed by atoms with Crippen molar-refractivity contribution in [3.8, 4) is 0 Å². The normalized spacial score (nSPS) is 14.2. The molecule has 0 saturated heterocycles. The van der Waals surface area contributed by atoms with Crippen LogP contribution in [0.5, 0.6) is 0 Å². The highest BCUT2D eigenvalue weighted by molar-refractivity contribution is 5.33. The summed E-state index contributed by atoms with van der Waals surface area (Å²) in [6.07, 6.45) is 1.55. The van der Waals surface area contributed by atoms with Crippen molar-refractivity contribution in [2.24, 2.45) is 10.4 Å². The lowest BCUT2D eigenvalue weighted by molar-refractivity contribution is 0.340. The molecular formula is C7H13NO. The quantitative estimate of drug-likeness (QED) is 0.390. The Labute approximate surface area is 56.0 Å². The second-order valence-electron chi connectivity index (χ2n) is 3.26. The first-order valence-electron chi connectivity index (χ1n) is 3.05. The molecule has 0 aliphatic heterocycles. The number of nitrogens with zero attached hydrogens (tertiary/aromatic N) is 1. The highest BCUT2D eigenvalue weighted by Crippen LogP contribution is 2.20. The molecule has 0 aromatic carbocycles. The number of hydrogen-bond donors (Lipinski definition) is 0. The van der Waals surface area contributed by atoms with E-state index in [-0.39, 0.29) is 11.5 Å². The fourth-order valence-corrected chi connectivity index (χ4v) is 0.273. The molecule has 0 radical (unpaired) electrons. The Morgan fingerprint density at radius 3 is 2.00 bits per heavy atom. The van der Waals surface area contributed by atoms with Gasteiger partial charge in [0.1, 0.15) is 0 Å². The second kappa shape index (κ2) is 2.79. The summed E-state index contributed by atoms with van der Waals surface area (Å²) in [5.74, 6) is 0. The number of carbonyl (C=O) groups excluding carboxylic acids is 1. The van der Waals surface area contributed by atoms with E-state index in [0.717, 1.165) is 0 Å². The Bertz CT molecular complexity index is 128. The summed E-state index contributed by atoms with van der Waals surface area (Å²) in [7, 11) is 0. The van der Waals surface area contributed by atoms with E-state index in [9.17, 15) is 4.79 Å². The van der Waals surface area contributed by atoms with Gasteiger partial charge in [-0.05, 0) is 12.3 Å². The molecule has 0 rings (SSSR count). The number of rotatable bonds is 1. The SMILES string of the molecule is C[C@@H](N=C=O)C(C)(C)C. The van der Waals surface area contributed by atoms with Gasteiger partial charge in [-0.2, -0.15) is 0 Å². The minimum absolute atomic E-state index is 0.0648. The molecule has 52 valence electrons. The van der Waals surface area contributed by atoms with Crippen molar-refractivity contribution in [3.05, 3.63) is 0 Å². The fraction of sp³-hybridized carbons (Fsp3) is 0.857. The standard InChI is InChI=1S/C7H13NO/c1-6(8-5-9)7(2,3)4/h6H,1-4H3/t6-/m1/s1. The van der Waals surface area contributed by atoms with Gasteiger partial charge < -0.3 is 0 Å². The van der Waals surface area contributed by atoms with Crippen LogP contribution >= 0.6 is 0 Å². The predicted octanol–water partition coefficient (Wildman–Crippen LogP) is 1.76. The van der Waals surface area contributed by atoms with Crippen LogP contribution in [0.4, 0.5) is 0 Å². The van der Waals surface area contributed by atoms with Crippen molar-refractivity contribution in [3.63, 3.8) is 0 Å². The highest BCUT2D eigenvalue weighted by Gasteiger charge is 2.18. The third-order valence-electron chi connectivity index (χ3n) is 1.50. The lowest BCUT2D eigenvalue weighted by Crippen LogP contribution is -2.20. The molecule has 0 aliphatic carbocycles. The summed E-state index contributed by atoms with van der Waals surface area (Å²) in [6.45, 7) is 8.03. The van der Waals surface area contributed by atoms with Crippen molar-refractivity contribution in [2.45, 2.75) is 33.7 Å². The summed E-state index contributed by atoms with van der Waals surface area (Å²) in [5, 5.41) is 0. The van der Waals surface area contributed by atoms with Crippen molar-refractivity contribution in [1.29, 1.82) is 0 Å². The maximum absolute atomic E-state index is 9.77. The van der Waals surface area contributed by atoms with Crippen LogP contribution in [0.25, 0.3) is 0 Å². The van der Waals surface area contributed by atoms with Crippen molar-refractivity contribution >= 4 is 6.08 Å². The first kappa shape index (κ1) is 8.38. The van der Waals surface area contributed by atoms with Gasteiger partial charge in [0.05, 0.1) is 6.04 Å². The van der Waals surface area contributed by atoms with Gasteiger partial charge in [0.2, 0.25) is 6.08 Å². The monoisotopic (exact) mass is 127 g/mol. The lowest BCUT2D eigenvalue weighted by atomic mass is 9.89. The van der Waals surface area contributed by atoms with E-state index >= 15 is 0 Å². The van der Waals surface area contributed by atoms with Crippen molar-refractivity contribution in [1.82, 2.24) is 0 Å². The largest absolute Gasteiger partial charge is 0.235 e. The molecule has 0 aliphatic rings. The van der Waals surface area contributed by atoms with E-state index in [4.69, 9.17) is 0 Å². The maximum atomic E-state index is 9.77. The van der Waals surface area contributed by atoms with E-state index in [1.54, 1.807) is 6.08 Å². The van der Waals surface area contributed by atoms with Gasteiger partial charge in [-0.25, -0.2) is 9.79 Å². The van der Waals surface area contributed by atoms with Crippen molar-refractivity contribution < 1.29 is 4.79 Å². The zero-order valence-electron chi connectivity index (χ0n) is 6.43. The van der Waals surface area contributed by atoms with Gasteiger partial charge >= 0.3 is 0 Å². The molecule has 0 fully saturated rings. The maximum Gasteiger partial charge on any atom is 0.235 e. The molecule has 1 atom stereocenters. The summed E-state index contributed by atoms with van der Waals surface area (Å²) >= 11 is 0. The first-order valence-corrected chi connectivity index (χ1v) is 3.05. The minimum atomic E-state index is 0.0648. The zero-order valence-corrected chi connectivity index (χ0v) is 6.43. The Morgan fingerprint density at radius 2 is 1.89 bits per heavy atom. The van der Waals surface area contributed by atoms with Crippen LogP contribution in [-0.4, -0.2) is 12.1 Å². The average molecular weight is 127 g/mol. The summed E-state index contributed by atoms with van der Waals surface area (Å²) in [4.78, 5) is 13.4. The topological polar surface area (TPSA) is 29.4 Å². The van der Waals surface area contributed by atoms with Gasteiger partial charge in [-0.1, -0.05) is 20.8 Å². The van der Waals surface area contributed by atoms with Gasteiger partial charge in [-0.3, -0.25) is 0 Å². The van der Waals surface area contributed by atoms with Crippen LogP contribution < -0.4 is 0 Å². The van der Waals surface area contributed by atoms with E-state index in [0.29, 0.717) is 0 Å². The molecular weight excluding hydrogens is 114 g/mol. The van der Waals surface area contributed by atoms with Crippen LogP contribution in [0, 0.1) is 5.41 Å². The lowest BCUT2D eigenvalue weighted by Gasteiger charge is -2.21. The molecule has 0 amide bonds. The molecule has 0 bridgehead atoms. The Hall–Kier alpha value is -0.620. The summed E-state index contributed by atoms with van der Waals surface area (Å²) < 4.78 is 0. The fourth-order valence-electron chi connectivity index (χ4n) is 0.273. The predicted molar refractivity (Wildman–Crippen MR) is 37.0 cm³/mol. The molecule has 2 heteroatoms. The molecule has 0 unspecified atom stereocenters. The number of hydrogen-bond acceptors (Lipinski definition) is 2. The zero-order chi connectivity index (χ0) is 7.49. The number of isocyanates is 1. The van der Waals surface area contributed by atoms with Gasteiger partial charge in [0.25, 0.3) is 0 Å². The van der Waals surface area contributed by atoms with Crippen LogP contribution in [0.2, 0.25) is 0 Å². The Balaban J connectivity index is 4.03. The van der Waals surface area contributed by atoms with Gasteiger partial charge in [0.15, 0.2) is 0 Å². The molecule has 0 heterocycles. The van der Waals surface area contributed by atoms with Gasteiger partial charge in [-0.15, -0.1) is 0 Å². The smallest absolute Gasteiger partial charge is 0.211 e. The second-order valence-corrected chi connectivity index (χ2v) is 3.26. The van der Waals surface area contributed by atoms with E-state index in [2.05, 4.69) is 4.99 Å². The van der Waals surface area contributed by atoms with Crippen LogP contribution in [0.15, 0.2) is 4.99 Å². The number of aliphatic imine (C=N–C) groups is 1. The molecule has 0 spiro atoms. The van der Waals surface area contributed by atoms with E-state index in [1.165, 1.54) is 0 Å². The summed E-state index contributed by atoms with van der Waals surface area (Å²) in [5.41, 5.74) is 0.0808. The van der Waals surface area contributed by atoms with Crippen molar-refractivity contribution in [2.75, 3.05) is 0 Å². The Morgan fingerprint density at radius 1 is 1.44 bits per heavy atom.